The zero-order valence-corrected chi connectivity index (χ0v) is 5.85. The van der Waals surface area contributed by atoms with Gasteiger partial charge in [0.25, 0.3) is 0 Å². The summed E-state index contributed by atoms with van der Waals surface area (Å²) in [4.78, 5) is 3.47. The van der Waals surface area contributed by atoms with Crippen molar-refractivity contribution in [2.75, 3.05) is 18.5 Å². The van der Waals surface area contributed by atoms with E-state index in [0.29, 0.717) is 5.82 Å². The van der Waals surface area contributed by atoms with E-state index in [1.807, 2.05) is 0 Å². The molecule has 0 amide bonds. The van der Waals surface area contributed by atoms with Crippen LogP contribution in [0, 0.1) is 5.95 Å². The zero-order valence-electron chi connectivity index (χ0n) is 5.85. The van der Waals surface area contributed by atoms with Gasteiger partial charge in [0.05, 0.1) is 0 Å². The molecule has 1 aromatic heterocycles. The quantitative estimate of drug-likeness (QED) is 0.676. The number of alkyl halides is 1. The average Bonchev–Trinajstić information content (AvgIpc) is 2.01. The Kier molecular flexibility index (Phi) is 2.77. The fourth-order valence-electron chi connectivity index (χ4n) is 0.682. The van der Waals surface area contributed by atoms with Gasteiger partial charge in [0.2, 0.25) is 5.95 Å². The zero-order chi connectivity index (χ0) is 8.10. The highest BCUT2D eigenvalue weighted by atomic mass is 19.1. The molecule has 0 bridgehead atoms. The number of pyridine rings is 1. The van der Waals surface area contributed by atoms with Crippen LogP contribution in [0.4, 0.5) is 14.6 Å². The molecule has 0 unspecified atom stereocenters. The smallest absolute Gasteiger partial charge is 0.214 e. The third kappa shape index (κ3) is 2.49. The number of halogens is 2. The van der Waals surface area contributed by atoms with Crippen molar-refractivity contribution in [2.45, 2.75) is 0 Å². The van der Waals surface area contributed by atoms with E-state index >= 15 is 0 Å². The molecule has 1 N–H and O–H groups in total. The van der Waals surface area contributed by atoms with Crippen LogP contribution in [0.25, 0.3) is 0 Å². The average molecular weight is 158 g/mol. The van der Waals surface area contributed by atoms with Gasteiger partial charge in [-0.3, -0.25) is 0 Å². The van der Waals surface area contributed by atoms with Crippen LogP contribution in [0.1, 0.15) is 0 Å². The van der Waals surface area contributed by atoms with Crippen molar-refractivity contribution in [1.82, 2.24) is 4.98 Å². The minimum Gasteiger partial charge on any atom is -0.367 e. The second kappa shape index (κ2) is 3.85. The van der Waals surface area contributed by atoms with E-state index in [2.05, 4.69) is 10.3 Å². The van der Waals surface area contributed by atoms with Crippen molar-refractivity contribution in [3.63, 3.8) is 0 Å². The van der Waals surface area contributed by atoms with Gasteiger partial charge in [-0.05, 0) is 12.1 Å². The minimum absolute atomic E-state index is 0.163. The number of rotatable bonds is 3. The topological polar surface area (TPSA) is 24.9 Å². The molecule has 0 saturated carbocycles. The molecule has 1 heterocycles. The largest absolute Gasteiger partial charge is 0.367 e. The van der Waals surface area contributed by atoms with Gasteiger partial charge in [0, 0.05) is 6.54 Å². The Hall–Kier alpha value is -1.19. The number of nitrogens with one attached hydrogen (secondary N) is 1. The van der Waals surface area contributed by atoms with Gasteiger partial charge in [-0.1, -0.05) is 6.07 Å². The lowest BCUT2D eigenvalue weighted by Crippen LogP contribution is -2.04. The Morgan fingerprint density at radius 2 is 2.27 bits per heavy atom. The van der Waals surface area contributed by atoms with E-state index in [-0.39, 0.29) is 6.54 Å². The summed E-state index contributed by atoms with van der Waals surface area (Å²) >= 11 is 0. The van der Waals surface area contributed by atoms with Crippen molar-refractivity contribution in [2.24, 2.45) is 0 Å². The molecule has 1 aromatic rings. The summed E-state index contributed by atoms with van der Waals surface area (Å²) in [7, 11) is 0. The molecule has 0 aliphatic rings. The van der Waals surface area contributed by atoms with Crippen LogP contribution in [-0.2, 0) is 0 Å². The highest BCUT2D eigenvalue weighted by Crippen LogP contribution is 2.02. The van der Waals surface area contributed by atoms with Crippen molar-refractivity contribution in [3.05, 3.63) is 24.1 Å². The van der Waals surface area contributed by atoms with E-state index in [1.165, 1.54) is 12.1 Å². The maximum absolute atomic E-state index is 12.3. The van der Waals surface area contributed by atoms with Crippen molar-refractivity contribution in [1.29, 1.82) is 0 Å². The lowest BCUT2D eigenvalue weighted by molar-refractivity contribution is 0.511. The summed E-state index contributed by atoms with van der Waals surface area (Å²) in [6.45, 7) is -0.325. The predicted molar refractivity (Wildman–Crippen MR) is 38.7 cm³/mol. The van der Waals surface area contributed by atoms with Gasteiger partial charge in [-0.2, -0.15) is 4.39 Å². The Bertz CT molecular complexity index is 227. The van der Waals surface area contributed by atoms with Gasteiger partial charge >= 0.3 is 0 Å². The molecule has 60 valence electrons. The third-order valence-corrected chi connectivity index (χ3v) is 1.12. The van der Waals surface area contributed by atoms with E-state index in [1.54, 1.807) is 6.07 Å². The summed E-state index contributed by atoms with van der Waals surface area (Å²) in [6, 6.07) is 4.34. The van der Waals surface area contributed by atoms with Gasteiger partial charge in [0.15, 0.2) is 0 Å². The van der Waals surface area contributed by atoms with Crippen molar-refractivity contribution in [3.8, 4) is 0 Å². The molecule has 2 nitrogen and oxygen atoms in total. The van der Waals surface area contributed by atoms with Gasteiger partial charge in [0.1, 0.15) is 12.5 Å². The fourth-order valence-corrected chi connectivity index (χ4v) is 0.682. The maximum Gasteiger partial charge on any atom is 0.214 e. The summed E-state index contributed by atoms with van der Waals surface area (Å²) in [5.41, 5.74) is 0. The highest BCUT2D eigenvalue weighted by Gasteiger charge is 1.93. The molecule has 4 heteroatoms. The van der Waals surface area contributed by atoms with Crippen LogP contribution in [0.5, 0.6) is 0 Å². The molecule has 0 aliphatic heterocycles. The first kappa shape index (κ1) is 7.91. The van der Waals surface area contributed by atoms with Crippen LogP contribution in [0.2, 0.25) is 0 Å². The number of anilines is 1. The molecular weight excluding hydrogens is 150 g/mol. The third-order valence-electron chi connectivity index (χ3n) is 1.12. The number of hydrogen-bond acceptors (Lipinski definition) is 2. The number of aromatic nitrogens is 1. The van der Waals surface area contributed by atoms with E-state index in [0.717, 1.165) is 0 Å². The molecule has 0 saturated heterocycles. The Balaban J connectivity index is 2.56. The van der Waals surface area contributed by atoms with Gasteiger partial charge in [-0.25, -0.2) is 9.37 Å². The monoisotopic (exact) mass is 158 g/mol. The molecular formula is C7H8F2N2. The van der Waals surface area contributed by atoms with E-state index in [9.17, 15) is 8.78 Å². The number of nitrogens with zero attached hydrogens (tertiary/aromatic N) is 1. The lowest BCUT2D eigenvalue weighted by Gasteiger charge is -2.00. The SMILES string of the molecule is FCCNc1cccc(F)n1. The molecule has 11 heavy (non-hydrogen) atoms. The second-order valence-corrected chi connectivity index (χ2v) is 1.96. The van der Waals surface area contributed by atoms with Crippen molar-refractivity contribution < 1.29 is 8.78 Å². The minimum atomic E-state index is -0.561. The highest BCUT2D eigenvalue weighted by molar-refractivity contribution is 5.33. The molecule has 0 fully saturated rings. The van der Waals surface area contributed by atoms with E-state index in [4.69, 9.17) is 0 Å². The van der Waals surface area contributed by atoms with Crippen LogP contribution in [-0.4, -0.2) is 18.2 Å². The van der Waals surface area contributed by atoms with Crippen LogP contribution in [0.3, 0.4) is 0 Å². The lowest BCUT2D eigenvalue weighted by atomic mass is 10.4. The standard InChI is InChI=1S/C7H8F2N2/c8-4-5-10-7-3-1-2-6(9)11-7/h1-3H,4-5H2,(H,10,11). The Labute approximate surface area is 63.3 Å². The first-order valence-corrected chi connectivity index (χ1v) is 3.25. The molecule has 0 radical (unpaired) electrons. The first-order valence-electron chi connectivity index (χ1n) is 3.25. The normalized spacial score (nSPS) is 9.64. The molecule has 1 rings (SSSR count). The molecule has 0 aliphatic carbocycles. The summed E-state index contributed by atoms with van der Waals surface area (Å²) in [5, 5.41) is 2.61. The van der Waals surface area contributed by atoms with Gasteiger partial charge in [-0.15, -0.1) is 0 Å². The van der Waals surface area contributed by atoms with Crippen LogP contribution in [0.15, 0.2) is 18.2 Å². The fraction of sp³-hybridized carbons (Fsp3) is 0.286. The summed E-state index contributed by atoms with van der Waals surface area (Å²) in [5.74, 6) is -0.198. The second-order valence-electron chi connectivity index (χ2n) is 1.96. The summed E-state index contributed by atoms with van der Waals surface area (Å²) in [6.07, 6.45) is 0. The Morgan fingerprint density at radius 1 is 1.45 bits per heavy atom. The number of hydrogen-bond donors (Lipinski definition) is 1. The molecule has 0 spiro atoms. The van der Waals surface area contributed by atoms with Gasteiger partial charge < -0.3 is 5.32 Å². The van der Waals surface area contributed by atoms with Crippen LogP contribution < -0.4 is 5.32 Å². The molecule has 0 aromatic carbocycles. The Morgan fingerprint density at radius 3 is 2.91 bits per heavy atom. The van der Waals surface area contributed by atoms with Crippen LogP contribution >= 0.6 is 0 Å². The summed E-state index contributed by atoms with van der Waals surface area (Å²) < 4.78 is 23.9. The van der Waals surface area contributed by atoms with Crippen molar-refractivity contribution >= 4 is 5.82 Å². The first-order chi connectivity index (χ1) is 5.33. The van der Waals surface area contributed by atoms with E-state index < -0.39 is 12.6 Å². The maximum atomic E-state index is 12.3. The predicted octanol–water partition coefficient (Wildman–Crippen LogP) is 1.60. The molecule has 0 atom stereocenters.